The molecule has 2 aromatic rings. The fourth-order valence-corrected chi connectivity index (χ4v) is 2.60. The Morgan fingerprint density at radius 3 is 2.14 bits per heavy atom. The van der Waals surface area contributed by atoms with Crippen LogP contribution in [-0.2, 0) is 4.79 Å². The van der Waals surface area contributed by atoms with E-state index < -0.39 is 12.0 Å². The van der Waals surface area contributed by atoms with Gasteiger partial charge in [0.25, 0.3) is 5.91 Å². The Morgan fingerprint density at radius 1 is 0.955 bits per heavy atom. The molecule has 3 rings (SSSR count). The van der Waals surface area contributed by atoms with E-state index in [1.807, 2.05) is 36.4 Å². The smallest absolute Gasteiger partial charge is 0.330 e. The van der Waals surface area contributed by atoms with Gasteiger partial charge in [-0.1, -0.05) is 48.5 Å². The van der Waals surface area contributed by atoms with Gasteiger partial charge in [0.15, 0.2) is 0 Å². The molecule has 0 radical (unpaired) electrons. The van der Waals surface area contributed by atoms with E-state index in [0.29, 0.717) is 12.1 Å². The summed E-state index contributed by atoms with van der Waals surface area (Å²) in [6.07, 6.45) is 1.65. The largest absolute Gasteiger partial charge is 0.479 e. The Labute approximate surface area is 128 Å². The molecule has 2 aromatic carbocycles. The maximum Gasteiger partial charge on any atom is 0.330 e. The van der Waals surface area contributed by atoms with E-state index in [9.17, 15) is 14.7 Å². The van der Waals surface area contributed by atoms with Crippen LogP contribution in [0.3, 0.4) is 0 Å². The summed E-state index contributed by atoms with van der Waals surface area (Å²) in [4.78, 5) is 25.4. The van der Waals surface area contributed by atoms with Crippen LogP contribution in [-0.4, -0.2) is 34.5 Å². The summed E-state index contributed by atoms with van der Waals surface area (Å²) in [5, 5.41) is 9.41. The van der Waals surface area contributed by atoms with E-state index >= 15 is 0 Å². The molecule has 1 aliphatic heterocycles. The monoisotopic (exact) mass is 293 g/mol. The number of carboxylic acids is 1. The highest BCUT2D eigenvalue weighted by Gasteiger charge is 2.34. The lowest BCUT2D eigenvalue weighted by Gasteiger charge is -2.21. The zero-order valence-corrected chi connectivity index (χ0v) is 11.8. The van der Waals surface area contributed by atoms with Gasteiger partial charge >= 0.3 is 5.97 Å². The molecule has 1 amide bonds. The third-order valence-electron chi connectivity index (χ3n) is 3.71. The van der Waals surface area contributed by atoms with Crippen LogP contribution in [0.4, 0.5) is 0 Å². The van der Waals surface area contributed by atoms with Crippen molar-refractivity contribution in [3.05, 3.63) is 77.9 Å². The van der Waals surface area contributed by atoms with Crippen molar-refractivity contribution >= 4 is 17.4 Å². The molecule has 1 heterocycles. The molecular formula is C18H15NO3. The molecule has 0 aromatic heterocycles. The first-order valence-corrected chi connectivity index (χ1v) is 7.02. The van der Waals surface area contributed by atoms with E-state index in [4.69, 9.17) is 0 Å². The summed E-state index contributed by atoms with van der Waals surface area (Å²) in [6, 6.07) is 17.4. The van der Waals surface area contributed by atoms with Gasteiger partial charge in [0.1, 0.15) is 6.04 Å². The van der Waals surface area contributed by atoms with Crippen LogP contribution in [0.1, 0.15) is 15.9 Å². The minimum Gasteiger partial charge on any atom is -0.479 e. The number of nitrogens with zero attached hydrogens (tertiary/aromatic N) is 1. The van der Waals surface area contributed by atoms with Gasteiger partial charge in [-0.05, 0) is 29.3 Å². The van der Waals surface area contributed by atoms with Gasteiger partial charge in [-0.2, -0.15) is 0 Å². The second kappa shape index (κ2) is 5.85. The van der Waals surface area contributed by atoms with E-state index in [-0.39, 0.29) is 5.91 Å². The fourth-order valence-electron chi connectivity index (χ4n) is 2.60. The highest BCUT2D eigenvalue weighted by Crippen LogP contribution is 2.26. The van der Waals surface area contributed by atoms with Crippen LogP contribution >= 0.6 is 0 Å². The van der Waals surface area contributed by atoms with E-state index in [1.165, 1.54) is 4.90 Å². The first-order valence-electron chi connectivity index (χ1n) is 7.02. The summed E-state index contributed by atoms with van der Waals surface area (Å²) in [5.74, 6) is -1.29. The van der Waals surface area contributed by atoms with Gasteiger partial charge in [-0.25, -0.2) is 4.79 Å². The van der Waals surface area contributed by atoms with Gasteiger partial charge in [-0.15, -0.1) is 0 Å². The highest BCUT2D eigenvalue weighted by molar-refractivity contribution is 6.00. The molecule has 0 saturated carbocycles. The number of carbonyl (C=O) groups is 2. The molecule has 1 N–H and O–H groups in total. The molecule has 0 aliphatic carbocycles. The maximum absolute atomic E-state index is 12.6. The number of rotatable bonds is 3. The molecule has 4 nitrogen and oxygen atoms in total. The molecule has 1 aliphatic rings. The zero-order valence-electron chi connectivity index (χ0n) is 11.8. The average molecular weight is 293 g/mol. The Kier molecular flexibility index (Phi) is 3.74. The van der Waals surface area contributed by atoms with Crippen molar-refractivity contribution in [3.8, 4) is 0 Å². The van der Waals surface area contributed by atoms with Crippen LogP contribution in [0.15, 0.2) is 66.7 Å². The summed E-state index contributed by atoms with van der Waals surface area (Å²) >= 11 is 0. The van der Waals surface area contributed by atoms with Crippen molar-refractivity contribution in [2.45, 2.75) is 6.04 Å². The minimum absolute atomic E-state index is 0.268. The predicted molar refractivity (Wildman–Crippen MR) is 83.3 cm³/mol. The zero-order chi connectivity index (χ0) is 15.5. The van der Waals surface area contributed by atoms with Crippen molar-refractivity contribution in [3.63, 3.8) is 0 Å². The molecule has 0 spiro atoms. The molecule has 22 heavy (non-hydrogen) atoms. The molecule has 0 fully saturated rings. The summed E-state index contributed by atoms with van der Waals surface area (Å²) in [7, 11) is 0. The quantitative estimate of drug-likeness (QED) is 0.946. The van der Waals surface area contributed by atoms with Crippen molar-refractivity contribution in [2.24, 2.45) is 0 Å². The Bertz CT molecular complexity index is 723. The molecule has 4 heteroatoms. The molecule has 0 unspecified atom stereocenters. The van der Waals surface area contributed by atoms with Gasteiger partial charge in [-0.3, -0.25) is 4.79 Å². The van der Waals surface area contributed by atoms with Crippen LogP contribution < -0.4 is 0 Å². The third-order valence-corrected chi connectivity index (χ3v) is 3.71. The molecule has 0 bridgehead atoms. The molecule has 1 atom stereocenters. The summed E-state index contributed by atoms with van der Waals surface area (Å²) in [6.45, 7) is 0.300. The van der Waals surface area contributed by atoms with Crippen LogP contribution in [0, 0.1) is 0 Å². The lowest BCUT2D eigenvalue weighted by molar-refractivity contribution is -0.140. The molecular weight excluding hydrogens is 278 g/mol. The van der Waals surface area contributed by atoms with Gasteiger partial charge < -0.3 is 10.0 Å². The predicted octanol–water partition coefficient (Wildman–Crippen LogP) is 2.68. The van der Waals surface area contributed by atoms with Crippen LogP contribution in [0.25, 0.3) is 5.57 Å². The Hall–Kier alpha value is -2.88. The molecule has 110 valence electrons. The van der Waals surface area contributed by atoms with Crippen LogP contribution in [0.2, 0.25) is 0 Å². The van der Waals surface area contributed by atoms with Crippen molar-refractivity contribution in [1.82, 2.24) is 4.90 Å². The molecule has 0 saturated heterocycles. The number of carbonyl (C=O) groups excluding carboxylic acids is 1. The topological polar surface area (TPSA) is 57.6 Å². The van der Waals surface area contributed by atoms with Gasteiger partial charge in [0.05, 0.1) is 0 Å². The average Bonchev–Trinajstić information content (AvgIpc) is 3.01. The highest BCUT2D eigenvalue weighted by atomic mass is 16.4. The maximum atomic E-state index is 12.6. The Balaban J connectivity index is 1.90. The number of aliphatic carboxylic acids is 1. The van der Waals surface area contributed by atoms with Crippen molar-refractivity contribution in [2.75, 3.05) is 6.54 Å². The Morgan fingerprint density at radius 2 is 1.55 bits per heavy atom. The lowest BCUT2D eigenvalue weighted by atomic mass is 10.1. The SMILES string of the molecule is O=C(O)[C@@H]1C=C(c2ccccc2)CN1C(=O)c1ccccc1. The lowest BCUT2D eigenvalue weighted by Crippen LogP contribution is -2.41. The van der Waals surface area contributed by atoms with E-state index in [0.717, 1.165) is 11.1 Å². The first kappa shape index (κ1) is 14.1. The number of carboxylic acid groups (broad SMARTS) is 1. The van der Waals surface area contributed by atoms with Crippen molar-refractivity contribution < 1.29 is 14.7 Å². The summed E-state index contributed by atoms with van der Waals surface area (Å²) in [5.41, 5.74) is 2.30. The second-order valence-electron chi connectivity index (χ2n) is 5.14. The van der Waals surface area contributed by atoms with E-state index in [2.05, 4.69) is 0 Å². The number of hydrogen-bond donors (Lipinski definition) is 1. The van der Waals surface area contributed by atoms with Crippen LogP contribution in [0.5, 0.6) is 0 Å². The number of benzene rings is 2. The number of amides is 1. The van der Waals surface area contributed by atoms with Gasteiger partial charge in [0, 0.05) is 12.1 Å². The second-order valence-corrected chi connectivity index (χ2v) is 5.14. The normalized spacial score (nSPS) is 17.2. The standard InChI is InChI=1S/C18H15NO3/c20-17(14-9-5-2-6-10-14)19-12-15(11-16(19)18(21)22)13-7-3-1-4-8-13/h1-11,16H,12H2,(H,21,22)/t16-/m0/s1. The third kappa shape index (κ3) is 2.63. The van der Waals surface area contributed by atoms with Gasteiger partial charge in [0.2, 0.25) is 0 Å². The van der Waals surface area contributed by atoms with E-state index in [1.54, 1.807) is 30.3 Å². The minimum atomic E-state index is -1.02. The number of hydrogen-bond acceptors (Lipinski definition) is 2. The fraction of sp³-hybridized carbons (Fsp3) is 0.111. The summed E-state index contributed by atoms with van der Waals surface area (Å²) < 4.78 is 0. The van der Waals surface area contributed by atoms with Crippen molar-refractivity contribution in [1.29, 1.82) is 0 Å². The first-order chi connectivity index (χ1) is 10.7.